The Morgan fingerprint density at radius 1 is 1.08 bits per heavy atom. The van der Waals surface area contributed by atoms with Gasteiger partial charge in [0.2, 0.25) is 6.79 Å². The van der Waals surface area contributed by atoms with E-state index in [1.54, 1.807) is 41.6 Å². The molecule has 1 aromatic carbocycles. The summed E-state index contributed by atoms with van der Waals surface area (Å²) < 4.78 is 16.0. The SMILES string of the molecule is O=C(Nc1ccc2c(c1)OCO2)N(Cc1ccccn1)Cc1ccco1. The Morgan fingerprint density at radius 3 is 2.81 bits per heavy atom. The zero-order valence-electron chi connectivity index (χ0n) is 13.9. The number of carbonyl (C=O) groups excluding carboxylic acids is 1. The van der Waals surface area contributed by atoms with Crippen molar-refractivity contribution in [3.05, 3.63) is 72.4 Å². The maximum absolute atomic E-state index is 12.8. The molecule has 26 heavy (non-hydrogen) atoms. The summed E-state index contributed by atoms with van der Waals surface area (Å²) in [7, 11) is 0. The van der Waals surface area contributed by atoms with Gasteiger partial charge in [0.05, 0.1) is 25.0 Å². The number of aromatic nitrogens is 1. The molecule has 0 radical (unpaired) electrons. The molecule has 7 heteroatoms. The van der Waals surface area contributed by atoms with Crippen LogP contribution in [0.2, 0.25) is 0 Å². The Morgan fingerprint density at radius 2 is 2.00 bits per heavy atom. The minimum Gasteiger partial charge on any atom is -0.467 e. The minimum absolute atomic E-state index is 0.191. The van der Waals surface area contributed by atoms with Gasteiger partial charge in [0, 0.05) is 18.0 Å². The first-order valence-electron chi connectivity index (χ1n) is 8.16. The highest BCUT2D eigenvalue weighted by Gasteiger charge is 2.19. The second-order valence-corrected chi connectivity index (χ2v) is 5.75. The molecule has 1 aliphatic heterocycles. The van der Waals surface area contributed by atoms with Crippen LogP contribution in [0.4, 0.5) is 10.5 Å². The predicted octanol–water partition coefficient (Wildman–Crippen LogP) is 3.64. The van der Waals surface area contributed by atoms with Crippen LogP contribution >= 0.6 is 0 Å². The monoisotopic (exact) mass is 351 g/mol. The van der Waals surface area contributed by atoms with Crippen molar-refractivity contribution in [3.63, 3.8) is 0 Å². The van der Waals surface area contributed by atoms with E-state index in [0.717, 1.165) is 5.69 Å². The average molecular weight is 351 g/mol. The molecule has 0 saturated heterocycles. The average Bonchev–Trinajstić information content (AvgIpc) is 3.33. The summed E-state index contributed by atoms with van der Waals surface area (Å²) in [6.07, 6.45) is 3.29. The summed E-state index contributed by atoms with van der Waals surface area (Å²) in [6.45, 7) is 0.884. The second-order valence-electron chi connectivity index (χ2n) is 5.75. The number of rotatable bonds is 5. The lowest BCUT2D eigenvalue weighted by Crippen LogP contribution is -2.34. The van der Waals surface area contributed by atoms with Gasteiger partial charge in [-0.2, -0.15) is 0 Å². The van der Waals surface area contributed by atoms with Crippen LogP contribution in [0.5, 0.6) is 11.5 Å². The van der Waals surface area contributed by atoms with E-state index in [-0.39, 0.29) is 12.8 Å². The highest BCUT2D eigenvalue weighted by molar-refractivity contribution is 5.89. The van der Waals surface area contributed by atoms with E-state index < -0.39 is 0 Å². The summed E-state index contributed by atoms with van der Waals surface area (Å²) in [5, 5.41) is 2.89. The van der Waals surface area contributed by atoms with Gasteiger partial charge >= 0.3 is 6.03 Å². The number of nitrogens with zero attached hydrogens (tertiary/aromatic N) is 2. The van der Waals surface area contributed by atoms with Crippen LogP contribution in [0.3, 0.4) is 0 Å². The Balaban J connectivity index is 1.51. The minimum atomic E-state index is -0.258. The number of amides is 2. The standard InChI is InChI=1S/C19H17N3O4/c23-19(21-14-6-7-17-18(10-14)26-13-25-17)22(12-16-5-3-9-24-16)11-15-4-1-2-8-20-15/h1-10H,11-13H2,(H,21,23). The molecule has 3 aromatic rings. The molecule has 0 aliphatic carbocycles. The van der Waals surface area contributed by atoms with Crippen molar-refractivity contribution < 1.29 is 18.7 Å². The molecule has 2 amide bonds. The van der Waals surface area contributed by atoms with Gasteiger partial charge in [-0.3, -0.25) is 4.98 Å². The van der Waals surface area contributed by atoms with Crippen LogP contribution in [0.1, 0.15) is 11.5 Å². The largest absolute Gasteiger partial charge is 0.467 e. The van der Waals surface area contributed by atoms with Gasteiger partial charge in [0.15, 0.2) is 11.5 Å². The van der Waals surface area contributed by atoms with Crippen LogP contribution in [-0.4, -0.2) is 22.7 Å². The van der Waals surface area contributed by atoms with Gasteiger partial charge in [0.1, 0.15) is 5.76 Å². The van der Waals surface area contributed by atoms with Gasteiger partial charge in [0.25, 0.3) is 0 Å². The lowest BCUT2D eigenvalue weighted by Gasteiger charge is -2.22. The molecule has 0 spiro atoms. The third kappa shape index (κ3) is 3.61. The fraction of sp³-hybridized carbons (Fsp3) is 0.158. The molecule has 2 aromatic heterocycles. The van der Waals surface area contributed by atoms with Crippen molar-refractivity contribution in [1.82, 2.24) is 9.88 Å². The van der Waals surface area contributed by atoms with E-state index in [0.29, 0.717) is 36.0 Å². The van der Waals surface area contributed by atoms with Crippen molar-refractivity contribution in [2.24, 2.45) is 0 Å². The lowest BCUT2D eigenvalue weighted by molar-refractivity contribution is 0.174. The number of benzene rings is 1. The zero-order chi connectivity index (χ0) is 17.8. The van der Waals surface area contributed by atoms with Crippen molar-refractivity contribution in [1.29, 1.82) is 0 Å². The number of pyridine rings is 1. The van der Waals surface area contributed by atoms with E-state index >= 15 is 0 Å². The first-order valence-corrected chi connectivity index (χ1v) is 8.16. The molecular weight excluding hydrogens is 334 g/mol. The van der Waals surface area contributed by atoms with Crippen molar-refractivity contribution in [2.45, 2.75) is 13.1 Å². The van der Waals surface area contributed by atoms with E-state index in [4.69, 9.17) is 13.9 Å². The Bertz CT molecular complexity index is 881. The molecule has 0 unspecified atom stereocenters. The normalized spacial score (nSPS) is 12.0. The Hall–Kier alpha value is -3.48. The highest BCUT2D eigenvalue weighted by Crippen LogP contribution is 2.34. The highest BCUT2D eigenvalue weighted by atomic mass is 16.7. The molecule has 0 fully saturated rings. The van der Waals surface area contributed by atoms with Gasteiger partial charge in [-0.15, -0.1) is 0 Å². The van der Waals surface area contributed by atoms with Crippen LogP contribution in [0, 0.1) is 0 Å². The molecule has 7 nitrogen and oxygen atoms in total. The van der Waals surface area contributed by atoms with E-state index in [2.05, 4.69) is 10.3 Å². The number of fused-ring (bicyclic) bond motifs is 1. The van der Waals surface area contributed by atoms with Gasteiger partial charge in [-0.25, -0.2) is 4.79 Å². The summed E-state index contributed by atoms with van der Waals surface area (Å²) in [5.74, 6) is 1.98. The number of carbonyl (C=O) groups is 1. The van der Waals surface area contributed by atoms with Gasteiger partial charge < -0.3 is 24.1 Å². The zero-order valence-corrected chi connectivity index (χ0v) is 13.9. The molecule has 4 rings (SSSR count). The topological polar surface area (TPSA) is 76.8 Å². The number of furan rings is 1. The van der Waals surface area contributed by atoms with Gasteiger partial charge in [-0.1, -0.05) is 6.07 Å². The number of ether oxygens (including phenoxy) is 2. The number of anilines is 1. The third-order valence-electron chi connectivity index (χ3n) is 3.92. The molecule has 1 N–H and O–H groups in total. The first kappa shape index (κ1) is 16.0. The molecule has 0 bridgehead atoms. The Kier molecular flexibility index (Phi) is 4.42. The predicted molar refractivity (Wildman–Crippen MR) is 93.8 cm³/mol. The molecule has 0 atom stereocenters. The fourth-order valence-electron chi connectivity index (χ4n) is 2.65. The number of hydrogen-bond acceptors (Lipinski definition) is 5. The molecule has 1 aliphatic rings. The van der Waals surface area contributed by atoms with Gasteiger partial charge in [-0.05, 0) is 36.4 Å². The van der Waals surface area contributed by atoms with E-state index in [1.807, 2.05) is 24.3 Å². The maximum Gasteiger partial charge on any atom is 0.322 e. The first-order chi connectivity index (χ1) is 12.8. The van der Waals surface area contributed by atoms with Crippen LogP contribution in [0.25, 0.3) is 0 Å². The molecule has 3 heterocycles. The summed E-state index contributed by atoms with van der Waals surface area (Å²) in [6, 6.07) is 14.3. The lowest BCUT2D eigenvalue weighted by atomic mass is 10.2. The van der Waals surface area contributed by atoms with Crippen molar-refractivity contribution in [2.75, 3.05) is 12.1 Å². The Labute approximate surface area is 150 Å². The summed E-state index contributed by atoms with van der Waals surface area (Å²) >= 11 is 0. The quantitative estimate of drug-likeness (QED) is 0.759. The smallest absolute Gasteiger partial charge is 0.322 e. The number of urea groups is 1. The summed E-state index contributed by atoms with van der Waals surface area (Å²) in [5.41, 5.74) is 1.42. The summed E-state index contributed by atoms with van der Waals surface area (Å²) in [4.78, 5) is 18.7. The molecule has 132 valence electrons. The number of nitrogens with one attached hydrogen (secondary N) is 1. The van der Waals surface area contributed by atoms with E-state index in [1.165, 1.54) is 0 Å². The van der Waals surface area contributed by atoms with Crippen LogP contribution in [-0.2, 0) is 13.1 Å². The second kappa shape index (κ2) is 7.18. The molecule has 0 saturated carbocycles. The number of hydrogen-bond donors (Lipinski definition) is 1. The van der Waals surface area contributed by atoms with E-state index in [9.17, 15) is 4.79 Å². The van der Waals surface area contributed by atoms with Crippen LogP contribution < -0.4 is 14.8 Å². The maximum atomic E-state index is 12.8. The van der Waals surface area contributed by atoms with Crippen LogP contribution in [0.15, 0.2) is 65.4 Å². The third-order valence-corrected chi connectivity index (χ3v) is 3.92. The van der Waals surface area contributed by atoms with Crippen molar-refractivity contribution >= 4 is 11.7 Å². The van der Waals surface area contributed by atoms with Crippen molar-refractivity contribution in [3.8, 4) is 11.5 Å². The molecular formula is C19H17N3O4. The fourth-order valence-corrected chi connectivity index (χ4v) is 2.65.